The number of aryl methyl sites for hydroxylation is 1. The summed E-state index contributed by atoms with van der Waals surface area (Å²) in [5.74, 6) is -0.266. The molecule has 0 aliphatic heterocycles. The van der Waals surface area contributed by atoms with E-state index in [2.05, 4.69) is 10.3 Å². The zero-order valence-electron chi connectivity index (χ0n) is 10.2. The Balaban J connectivity index is 2.26. The van der Waals surface area contributed by atoms with Gasteiger partial charge in [0.2, 0.25) is 5.88 Å². The Kier molecular flexibility index (Phi) is 4.01. The number of benzene rings is 1. The fourth-order valence-electron chi connectivity index (χ4n) is 1.55. The SMILES string of the molecule is CCCn1nncc1Oc1ccc(Cl)c(C(=O)O)c1. The van der Waals surface area contributed by atoms with Crippen molar-refractivity contribution in [3.05, 3.63) is 35.0 Å². The number of halogens is 1. The number of carboxylic acids is 1. The van der Waals surface area contributed by atoms with Crippen LogP contribution in [-0.4, -0.2) is 26.1 Å². The summed E-state index contributed by atoms with van der Waals surface area (Å²) in [6, 6.07) is 4.44. The number of carbonyl (C=O) groups is 1. The Labute approximate surface area is 114 Å². The van der Waals surface area contributed by atoms with Crippen molar-refractivity contribution in [2.24, 2.45) is 0 Å². The predicted molar refractivity (Wildman–Crippen MR) is 68.8 cm³/mol. The molecule has 0 unspecified atom stereocenters. The molecule has 0 bridgehead atoms. The summed E-state index contributed by atoms with van der Waals surface area (Å²) in [7, 11) is 0. The van der Waals surface area contributed by atoms with Gasteiger partial charge >= 0.3 is 5.97 Å². The van der Waals surface area contributed by atoms with E-state index in [0.29, 0.717) is 18.2 Å². The van der Waals surface area contributed by atoms with E-state index in [1.54, 1.807) is 10.7 Å². The molecule has 2 rings (SSSR count). The molecular weight excluding hydrogens is 270 g/mol. The molecule has 0 spiro atoms. The number of aromatic carboxylic acids is 1. The Morgan fingerprint density at radius 3 is 3.00 bits per heavy atom. The standard InChI is InChI=1S/C12H12ClN3O3/c1-2-5-16-11(7-14-15-16)19-8-3-4-10(13)9(6-8)12(17)18/h3-4,6-7H,2,5H2,1H3,(H,17,18). The number of hydrogen-bond acceptors (Lipinski definition) is 4. The predicted octanol–water partition coefficient (Wildman–Crippen LogP) is 2.83. The molecule has 0 aliphatic rings. The van der Waals surface area contributed by atoms with E-state index in [-0.39, 0.29) is 10.6 Å². The van der Waals surface area contributed by atoms with Gasteiger partial charge in [-0.3, -0.25) is 0 Å². The maximum Gasteiger partial charge on any atom is 0.337 e. The molecule has 19 heavy (non-hydrogen) atoms. The summed E-state index contributed by atoms with van der Waals surface area (Å²) in [6.07, 6.45) is 2.37. The van der Waals surface area contributed by atoms with E-state index >= 15 is 0 Å². The quantitative estimate of drug-likeness (QED) is 0.912. The van der Waals surface area contributed by atoms with Crippen LogP contribution in [0.4, 0.5) is 0 Å². The molecule has 0 saturated heterocycles. The van der Waals surface area contributed by atoms with Crippen molar-refractivity contribution in [1.29, 1.82) is 0 Å². The van der Waals surface area contributed by atoms with Crippen LogP contribution in [0.5, 0.6) is 11.6 Å². The molecule has 7 heteroatoms. The molecule has 0 saturated carbocycles. The Hall–Kier alpha value is -2.08. The van der Waals surface area contributed by atoms with Gasteiger partial charge in [-0.2, -0.15) is 0 Å². The summed E-state index contributed by atoms with van der Waals surface area (Å²) in [6.45, 7) is 2.69. The van der Waals surface area contributed by atoms with Crippen molar-refractivity contribution in [2.45, 2.75) is 19.9 Å². The highest BCUT2D eigenvalue weighted by molar-refractivity contribution is 6.33. The first-order valence-electron chi connectivity index (χ1n) is 5.71. The largest absolute Gasteiger partial charge is 0.478 e. The number of carboxylic acid groups (broad SMARTS) is 1. The molecule has 0 radical (unpaired) electrons. The minimum atomic E-state index is -1.10. The number of rotatable bonds is 5. The monoisotopic (exact) mass is 281 g/mol. The fourth-order valence-corrected chi connectivity index (χ4v) is 1.74. The van der Waals surface area contributed by atoms with Gasteiger partial charge in [0, 0.05) is 6.54 Å². The molecule has 6 nitrogen and oxygen atoms in total. The van der Waals surface area contributed by atoms with Crippen LogP contribution in [-0.2, 0) is 6.54 Å². The van der Waals surface area contributed by atoms with Crippen molar-refractivity contribution in [3.63, 3.8) is 0 Å². The molecule has 2 aromatic rings. The number of ether oxygens (including phenoxy) is 1. The van der Waals surface area contributed by atoms with Gasteiger partial charge in [-0.05, 0) is 24.6 Å². The van der Waals surface area contributed by atoms with E-state index in [4.69, 9.17) is 21.4 Å². The smallest absolute Gasteiger partial charge is 0.337 e. The third-order valence-electron chi connectivity index (χ3n) is 2.41. The Morgan fingerprint density at radius 1 is 1.53 bits per heavy atom. The summed E-state index contributed by atoms with van der Waals surface area (Å²) in [5, 5.41) is 16.8. The molecule has 100 valence electrons. The molecule has 1 aromatic heterocycles. The van der Waals surface area contributed by atoms with Gasteiger partial charge in [0.15, 0.2) is 0 Å². The molecule has 1 N–H and O–H groups in total. The molecule has 0 aliphatic carbocycles. The van der Waals surface area contributed by atoms with Gasteiger partial charge < -0.3 is 9.84 Å². The van der Waals surface area contributed by atoms with Crippen molar-refractivity contribution in [2.75, 3.05) is 0 Å². The lowest BCUT2D eigenvalue weighted by Crippen LogP contribution is -2.02. The van der Waals surface area contributed by atoms with Crippen LogP contribution in [0, 0.1) is 0 Å². The fraction of sp³-hybridized carbons (Fsp3) is 0.250. The second-order valence-corrected chi connectivity index (χ2v) is 4.25. The zero-order valence-corrected chi connectivity index (χ0v) is 11.0. The van der Waals surface area contributed by atoms with Gasteiger partial charge in [0.05, 0.1) is 10.6 Å². The lowest BCUT2D eigenvalue weighted by molar-refractivity contribution is 0.0696. The van der Waals surface area contributed by atoms with E-state index < -0.39 is 5.97 Å². The number of aromatic nitrogens is 3. The molecule has 0 amide bonds. The second kappa shape index (κ2) is 5.71. The van der Waals surface area contributed by atoms with Crippen molar-refractivity contribution in [3.8, 4) is 11.6 Å². The first-order chi connectivity index (χ1) is 9.11. The van der Waals surface area contributed by atoms with Crippen molar-refractivity contribution in [1.82, 2.24) is 15.0 Å². The molecule has 0 atom stereocenters. The second-order valence-electron chi connectivity index (χ2n) is 3.84. The van der Waals surface area contributed by atoms with Crippen LogP contribution < -0.4 is 4.74 Å². The van der Waals surface area contributed by atoms with E-state index in [9.17, 15) is 4.79 Å². The maximum atomic E-state index is 11.0. The first-order valence-corrected chi connectivity index (χ1v) is 6.08. The van der Waals surface area contributed by atoms with Crippen LogP contribution in [0.1, 0.15) is 23.7 Å². The van der Waals surface area contributed by atoms with Crippen LogP contribution >= 0.6 is 11.6 Å². The number of hydrogen-bond donors (Lipinski definition) is 1. The lowest BCUT2D eigenvalue weighted by Gasteiger charge is -2.08. The van der Waals surface area contributed by atoms with Gasteiger partial charge in [0.25, 0.3) is 0 Å². The first kappa shape index (κ1) is 13.4. The summed E-state index contributed by atoms with van der Waals surface area (Å²) in [4.78, 5) is 11.0. The van der Waals surface area contributed by atoms with Gasteiger partial charge in [0.1, 0.15) is 11.9 Å². The van der Waals surface area contributed by atoms with Gasteiger partial charge in [-0.15, -0.1) is 5.10 Å². The summed E-state index contributed by atoms with van der Waals surface area (Å²) in [5.41, 5.74) is -0.00585. The third-order valence-corrected chi connectivity index (χ3v) is 2.74. The zero-order chi connectivity index (χ0) is 13.8. The van der Waals surface area contributed by atoms with E-state index in [1.165, 1.54) is 18.3 Å². The van der Waals surface area contributed by atoms with E-state index in [1.807, 2.05) is 6.92 Å². The van der Waals surface area contributed by atoms with Crippen molar-refractivity contribution < 1.29 is 14.6 Å². The van der Waals surface area contributed by atoms with Crippen molar-refractivity contribution >= 4 is 17.6 Å². The minimum absolute atomic E-state index is 0.00585. The molecule has 1 heterocycles. The van der Waals surface area contributed by atoms with Gasteiger partial charge in [-0.25, -0.2) is 9.48 Å². The highest BCUT2D eigenvalue weighted by Gasteiger charge is 2.12. The van der Waals surface area contributed by atoms with Crippen LogP contribution in [0.25, 0.3) is 0 Å². The van der Waals surface area contributed by atoms with Crippen LogP contribution in [0.2, 0.25) is 5.02 Å². The third kappa shape index (κ3) is 3.03. The molecular formula is C12H12ClN3O3. The maximum absolute atomic E-state index is 11.0. The molecule has 1 aromatic carbocycles. The van der Waals surface area contributed by atoms with Gasteiger partial charge in [-0.1, -0.05) is 23.7 Å². The Morgan fingerprint density at radius 2 is 2.32 bits per heavy atom. The number of nitrogens with zero attached hydrogens (tertiary/aromatic N) is 3. The minimum Gasteiger partial charge on any atom is -0.478 e. The summed E-state index contributed by atoms with van der Waals surface area (Å²) < 4.78 is 7.17. The van der Waals surface area contributed by atoms with Crippen LogP contribution in [0.15, 0.2) is 24.4 Å². The molecule has 0 fully saturated rings. The normalized spacial score (nSPS) is 10.4. The van der Waals surface area contributed by atoms with E-state index in [0.717, 1.165) is 6.42 Å². The average Bonchev–Trinajstić information content (AvgIpc) is 2.79. The van der Waals surface area contributed by atoms with Crippen LogP contribution in [0.3, 0.4) is 0 Å². The highest BCUT2D eigenvalue weighted by Crippen LogP contribution is 2.26. The summed E-state index contributed by atoms with van der Waals surface area (Å²) >= 11 is 5.79. The Bertz CT molecular complexity index is 598. The average molecular weight is 282 g/mol. The lowest BCUT2D eigenvalue weighted by atomic mass is 10.2. The topological polar surface area (TPSA) is 77.2 Å². The highest BCUT2D eigenvalue weighted by atomic mass is 35.5.